The Hall–Kier alpha value is -1.28. The van der Waals surface area contributed by atoms with Gasteiger partial charge in [-0.25, -0.2) is 0 Å². The van der Waals surface area contributed by atoms with Crippen LogP contribution in [0.5, 0.6) is 11.5 Å². The molecule has 0 aliphatic carbocycles. The first-order valence-corrected chi connectivity index (χ1v) is 7.54. The summed E-state index contributed by atoms with van der Waals surface area (Å²) in [6.45, 7) is 8.34. The molecule has 0 saturated carbocycles. The summed E-state index contributed by atoms with van der Waals surface area (Å²) in [6, 6.07) is 5.54. The van der Waals surface area contributed by atoms with Gasteiger partial charge in [0.2, 0.25) is 0 Å². The molecule has 2 rings (SSSR count). The van der Waals surface area contributed by atoms with Crippen LogP contribution >= 0.6 is 0 Å². The lowest BCUT2D eigenvalue weighted by Gasteiger charge is -2.32. The summed E-state index contributed by atoms with van der Waals surface area (Å²) >= 11 is 0. The maximum Gasteiger partial charge on any atom is 0.494 e. The predicted octanol–water partition coefficient (Wildman–Crippen LogP) is 1.95. The largest absolute Gasteiger partial charge is 0.494 e. The van der Waals surface area contributed by atoms with Crippen LogP contribution in [-0.4, -0.2) is 46.1 Å². The number of hydrogen-bond acceptors (Lipinski definition) is 6. The highest BCUT2D eigenvalue weighted by molar-refractivity contribution is 6.62. The molecule has 7 heteroatoms. The third-order valence-corrected chi connectivity index (χ3v) is 4.16. The molecule has 0 aromatic heterocycles. The van der Waals surface area contributed by atoms with E-state index in [9.17, 15) is 0 Å². The molecule has 23 heavy (non-hydrogen) atoms. The standard InChI is InChI=1S/C16H25BO6/c1-15(2)16(3,4)23-17(22-15)12-7-8-13(20-10-18-5)14(9-12)21-11-19-6/h7-9H,10-11H2,1-6H3. The summed E-state index contributed by atoms with van der Waals surface area (Å²) in [5, 5.41) is 0. The van der Waals surface area contributed by atoms with Gasteiger partial charge < -0.3 is 28.3 Å². The Morgan fingerprint density at radius 1 is 0.870 bits per heavy atom. The van der Waals surface area contributed by atoms with Crippen molar-refractivity contribution in [1.82, 2.24) is 0 Å². The summed E-state index contributed by atoms with van der Waals surface area (Å²) in [4.78, 5) is 0. The van der Waals surface area contributed by atoms with E-state index in [2.05, 4.69) is 0 Å². The van der Waals surface area contributed by atoms with E-state index in [1.165, 1.54) is 0 Å². The molecule has 0 unspecified atom stereocenters. The number of hydrogen-bond donors (Lipinski definition) is 0. The van der Waals surface area contributed by atoms with Crippen LogP contribution in [0.15, 0.2) is 18.2 Å². The number of ether oxygens (including phenoxy) is 4. The highest BCUT2D eigenvalue weighted by Crippen LogP contribution is 2.37. The monoisotopic (exact) mass is 324 g/mol. The molecule has 1 heterocycles. The van der Waals surface area contributed by atoms with Gasteiger partial charge in [-0.1, -0.05) is 6.07 Å². The van der Waals surface area contributed by atoms with Gasteiger partial charge in [-0.05, 0) is 45.3 Å². The first-order chi connectivity index (χ1) is 10.8. The second-order valence-corrected chi connectivity index (χ2v) is 6.40. The van der Waals surface area contributed by atoms with Gasteiger partial charge in [0.05, 0.1) is 11.2 Å². The number of methoxy groups -OCH3 is 2. The molecule has 1 aromatic rings. The average molecular weight is 324 g/mol. The number of benzene rings is 1. The summed E-state index contributed by atoms with van der Waals surface area (Å²) in [5.41, 5.74) is 0.0758. The molecular formula is C16H25BO6. The molecule has 6 nitrogen and oxygen atoms in total. The fourth-order valence-corrected chi connectivity index (χ4v) is 2.13. The average Bonchev–Trinajstić information content (AvgIpc) is 2.71. The van der Waals surface area contributed by atoms with Gasteiger partial charge in [-0.2, -0.15) is 0 Å². The summed E-state index contributed by atoms with van der Waals surface area (Å²) in [7, 11) is 2.67. The van der Waals surface area contributed by atoms with E-state index in [0.29, 0.717) is 11.5 Å². The van der Waals surface area contributed by atoms with Crippen molar-refractivity contribution in [3.63, 3.8) is 0 Å². The van der Waals surface area contributed by atoms with E-state index >= 15 is 0 Å². The Morgan fingerprint density at radius 3 is 1.91 bits per heavy atom. The predicted molar refractivity (Wildman–Crippen MR) is 87.2 cm³/mol. The number of rotatable bonds is 7. The normalized spacial score (nSPS) is 19.0. The van der Waals surface area contributed by atoms with Crippen LogP contribution in [0.1, 0.15) is 27.7 Å². The third-order valence-electron chi connectivity index (χ3n) is 4.16. The van der Waals surface area contributed by atoms with Crippen LogP contribution in [0.3, 0.4) is 0 Å². The molecule has 1 aromatic carbocycles. The maximum absolute atomic E-state index is 6.06. The SMILES string of the molecule is COCOc1ccc(B2OC(C)(C)C(C)(C)O2)cc1OCOC. The van der Waals surface area contributed by atoms with Crippen molar-refractivity contribution in [3.05, 3.63) is 18.2 Å². The van der Waals surface area contributed by atoms with Crippen LogP contribution < -0.4 is 14.9 Å². The molecule has 0 atom stereocenters. The van der Waals surface area contributed by atoms with Gasteiger partial charge >= 0.3 is 7.12 Å². The van der Waals surface area contributed by atoms with E-state index in [1.54, 1.807) is 14.2 Å². The lowest BCUT2D eigenvalue weighted by atomic mass is 9.79. The highest BCUT2D eigenvalue weighted by Gasteiger charge is 2.51. The Kier molecular flexibility index (Phi) is 5.57. The Labute approximate surface area is 138 Å². The van der Waals surface area contributed by atoms with Gasteiger partial charge in [0.1, 0.15) is 0 Å². The molecule has 0 N–H and O–H groups in total. The lowest BCUT2D eigenvalue weighted by molar-refractivity contribution is 0.00578. The van der Waals surface area contributed by atoms with Crippen molar-refractivity contribution in [1.29, 1.82) is 0 Å². The minimum atomic E-state index is -0.457. The van der Waals surface area contributed by atoms with Crippen LogP contribution in [0, 0.1) is 0 Å². The van der Waals surface area contributed by atoms with Crippen LogP contribution in [0.25, 0.3) is 0 Å². The van der Waals surface area contributed by atoms with Gasteiger partial charge in [0.25, 0.3) is 0 Å². The molecule has 1 saturated heterocycles. The van der Waals surface area contributed by atoms with Crippen molar-refractivity contribution in [2.24, 2.45) is 0 Å². The van der Waals surface area contributed by atoms with E-state index in [-0.39, 0.29) is 13.6 Å². The fourth-order valence-electron chi connectivity index (χ4n) is 2.13. The Bertz CT molecular complexity index is 515. The van der Waals surface area contributed by atoms with Crippen molar-refractivity contribution in [3.8, 4) is 11.5 Å². The van der Waals surface area contributed by atoms with E-state index in [1.807, 2.05) is 45.9 Å². The Balaban J connectivity index is 2.23. The first-order valence-electron chi connectivity index (χ1n) is 7.54. The second kappa shape index (κ2) is 7.09. The van der Waals surface area contributed by atoms with Crippen molar-refractivity contribution in [2.75, 3.05) is 27.8 Å². The van der Waals surface area contributed by atoms with E-state index < -0.39 is 18.3 Å². The second-order valence-electron chi connectivity index (χ2n) is 6.40. The molecule has 1 aliphatic rings. The zero-order valence-electron chi connectivity index (χ0n) is 14.7. The lowest BCUT2D eigenvalue weighted by Crippen LogP contribution is -2.41. The zero-order valence-corrected chi connectivity index (χ0v) is 14.7. The van der Waals surface area contributed by atoms with Crippen molar-refractivity contribution < 1.29 is 28.3 Å². The maximum atomic E-state index is 6.06. The van der Waals surface area contributed by atoms with Crippen LogP contribution in [0.4, 0.5) is 0 Å². The van der Waals surface area contributed by atoms with Gasteiger partial charge in [-0.15, -0.1) is 0 Å². The molecule has 128 valence electrons. The molecule has 0 bridgehead atoms. The molecule has 0 radical (unpaired) electrons. The molecule has 1 fully saturated rings. The highest BCUT2D eigenvalue weighted by atomic mass is 16.7. The fraction of sp³-hybridized carbons (Fsp3) is 0.625. The smallest absolute Gasteiger partial charge is 0.464 e. The quantitative estimate of drug-likeness (QED) is 0.564. The summed E-state index contributed by atoms with van der Waals surface area (Å²) in [5.74, 6) is 1.13. The van der Waals surface area contributed by atoms with Gasteiger partial charge in [0.15, 0.2) is 25.1 Å². The minimum Gasteiger partial charge on any atom is -0.464 e. The van der Waals surface area contributed by atoms with Crippen molar-refractivity contribution in [2.45, 2.75) is 38.9 Å². The first kappa shape index (κ1) is 18.1. The Morgan fingerprint density at radius 2 is 1.39 bits per heavy atom. The molecule has 0 spiro atoms. The minimum absolute atomic E-state index is 0.121. The van der Waals surface area contributed by atoms with Gasteiger partial charge in [-0.3, -0.25) is 0 Å². The van der Waals surface area contributed by atoms with Crippen LogP contribution in [0.2, 0.25) is 0 Å². The summed E-state index contributed by atoms with van der Waals surface area (Å²) < 4.78 is 33.1. The molecule has 1 aliphatic heterocycles. The topological polar surface area (TPSA) is 55.4 Å². The third kappa shape index (κ3) is 3.98. The summed E-state index contributed by atoms with van der Waals surface area (Å²) in [6.07, 6.45) is 0. The molecule has 0 amide bonds. The van der Waals surface area contributed by atoms with Crippen LogP contribution in [-0.2, 0) is 18.8 Å². The zero-order chi connectivity index (χ0) is 17.1. The van der Waals surface area contributed by atoms with Crippen molar-refractivity contribution >= 4 is 12.6 Å². The molecular weight excluding hydrogens is 299 g/mol. The van der Waals surface area contributed by atoms with Gasteiger partial charge in [0, 0.05) is 14.2 Å². The van der Waals surface area contributed by atoms with E-state index in [4.69, 9.17) is 28.3 Å². The van der Waals surface area contributed by atoms with E-state index in [0.717, 1.165) is 5.46 Å².